The maximum Gasteiger partial charge on any atom is 0.348 e. The largest absolute Gasteiger partial charge is 0.477 e. The van der Waals surface area contributed by atoms with Crippen LogP contribution in [-0.2, 0) is 13.0 Å². The van der Waals surface area contributed by atoms with Gasteiger partial charge < -0.3 is 16.2 Å². The van der Waals surface area contributed by atoms with E-state index in [0.29, 0.717) is 5.69 Å². The highest BCUT2D eigenvalue weighted by molar-refractivity contribution is 7.21. The number of anilines is 1. The van der Waals surface area contributed by atoms with Gasteiger partial charge in [-0.3, -0.25) is 0 Å². The number of hydrogen-bond acceptors (Lipinski definition) is 4. The molecule has 94 valence electrons. The Morgan fingerprint density at radius 3 is 3.00 bits per heavy atom. The van der Waals surface area contributed by atoms with Gasteiger partial charge in [-0.15, -0.1) is 11.3 Å². The Balaban J connectivity index is 2.22. The zero-order valence-corrected chi connectivity index (χ0v) is 10.6. The first kappa shape index (κ1) is 11.5. The van der Waals surface area contributed by atoms with E-state index >= 15 is 0 Å². The SMILES string of the molecule is Nc1c(C(=O)O)sc2cc3c(cc12)CNCCC3. The third kappa shape index (κ3) is 1.76. The number of aromatic carboxylic acids is 1. The van der Waals surface area contributed by atoms with Crippen LogP contribution in [0.25, 0.3) is 10.1 Å². The Hall–Kier alpha value is -1.59. The van der Waals surface area contributed by atoms with Gasteiger partial charge in [-0.25, -0.2) is 4.79 Å². The van der Waals surface area contributed by atoms with E-state index in [1.165, 1.54) is 22.5 Å². The van der Waals surface area contributed by atoms with Gasteiger partial charge >= 0.3 is 5.97 Å². The normalized spacial score (nSPS) is 15.3. The molecule has 0 aliphatic carbocycles. The average Bonchev–Trinajstić information content (AvgIpc) is 2.53. The molecule has 0 atom stereocenters. The van der Waals surface area contributed by atoms with Gasteiger partial charge in [0.25, 0.3) is 0 Å². The fourth-order valence-electron chi connectivity index (χ4n) is 2.43. The topological polar surface area (TPSA) is 75.4 Å². The van der Waals surface area contributed by atoms with E-state index in [-0.39, 0.29) is 4.88 Å². The van der Waals surface area contributed by atoms with Crippen molar-refractivity contribution in [3.05, 3.63) is 28.1 Å². The molecule has 3 rings (SSSR count). The van der Waals surface area contributed by atoms with Gasteiger partial charge in [0.15, 0.2) is 0 Å². The second-order valence-corrected chi connectivity index (χ2v) is 5.60. The lowest BCUT2D eigenvalue weighted by Gasteiger charge is -2.05. The van der Waals surface area contributed by atoms with Crippen LogP contribution < -0.4 is 11.1 Å². The van der Waals surface area contributed by atoms with Crippen molar-refractivity contribution in [2.75, 3.05) is 12.3 Å². The molecule has 2 heterocycles. The quantitative estimate of drug-likeness (QED) is 0.736. The summed E-state index contributed by atoms with van der Waals surface area (Å²) in [6.07, 6.45) is 2.16. The maximum absolute atomic E-state index is 11.1. The van der Waals surface area contributed by atoms with Crippen molar-refractivity contribution in [2.24, 2.45) is 0 Å². The molecule has 0 radical (unpaired) electrons. The highest BCUT2D eigenvalue weighted by atomic mass is 32.1. The van der Waals surface area contributed by atoms with Gasteiger partial charge in [0, 0.05) is 16.6 Å². The number of thiophene rings is 1. The van der Waals surface area contributed by atoms with Gasteiger partial charge in [-0.05, 0) is 42.6 Å². The smallest absolute Gasteiger partial charge is 0.348 e. The van der Waals surface area contributed by atoms with Crippen molar-refractivity contribution in [1.29, 1.82) is 0 Å². The predicted octanol–water partition coefficient (Wildman–Crippen LogP) is 2.22. The Bertz CT molecular complexity index is 633. The molecule has 0 saturated carbocycles. The van der Waals surface area contributed by atoms with E-state index < -0.39 is 5.97 Å². The zero-order chi connectivity index (χ0) is 12.7. The van der Waals surface area contributed by atoms with E-state index in [2.05, 4.69) is 11.4 Å². The molecule has 1 aromatic heterocycles. The zero-order valence-electron chi connectivity index (χ0n) is 9.82. The monoisotopic (exact) mass is 262 g/mol. The lowest BCUT2D eigenvalue weighted by atomic mass is 10.0. The number of carboxylic acids is 1. The number of carbonyl (C=O) groups is 1. The summed E-state index contributed by atoms with van der Waals surface area (Å²) >= 11 is 1.27. The van der Waals surface area contributed by atoms with Crippen LogP contribution in [0.2, 0.25) is 0 Å². The highest BCUT2D eigenvalue weighted by Crippen LogP contribution is 2.36. The molecule has 1 aliphatic heterocycles. The van der Waals surface area contributed by atoms with E-state index in [4.69, 9.17) is 10.8 Å². The number of benzene rings is 1. The summed E-state index contributed by atoms with van der Waals surface area (Å²) in [5.41, 5.74) is 8.87. The fraction of sp³-hybridized carbons (Fsp3) is 0.308. The number of aryl methyl sites for hydroxylation is 1. The minimum absolute atomic E-state index is 0.248. The molecule has 0 amide bonds. The minimum Gasteiger partial charge on any atom is -0.477 e. The van der Waals surface area contributed by atoms with Crippen molar-refractivity contribution in [2.45, 2.75) is 19.4 Å². The van der Waals surface area contributed by atoms with Gasteiger partial charge in [0.1, 0.15) is 4.88 Å². The lowest BCUT2D eigenvalue weighted by Crippen LogP contribution is -2.11. The van der Waals surface area contributed by atoms with Gasteiger partial charge in [0.05, 0.1) is 5.69 Å². The number of carboxylic acid groups (broad SMARTS) is 1. The lowest BCUT2D eigenvalue weighted by molar-refractivity contribution is 0.0703. The number of fused-ring (bicyclic) bond motifs is 2. The van der Waals surface area contributed by atoms with Gasteiger partial charge in [-0.2, -0.15) is 0 Å². The summed E-state index contributed by atoms with van der Waals surface area (Å²) < 4.78 is 0.977. The number of rotatable bonds is 1. The molecule has 18 heavy (non-hydrogen) atoms. The Kier molecular flexibility index (Phi) is 2.72. The van der Waals surface area contributed by atoms with Crippen LogP contribution >= 0.6 is 11.3 Å². The standard InChI is InChI=1S/C13H14N2O2S/c14-11-9-4-8-6-15-3-1-2-7(8)5-10(9)18-12(11)13(16)17/h4-5,15H,1-3,6,14H2,(H,16,17). The van der Waals surface area contributed by atoms with Crippen molar-refractivity contribution in [1.82, 2.24) is 5.32 Å². The molecule has 0 saturated heterocycles. The first-order chi connectivity index (χ1) is 8.66. The Morgan fingerprint density at radius 1 is 1.39 bits per heavy atom. The van der Waals surface area contributed by atoms with E-state index in [0.717, 1.165) is 36.0 Å². The maximum atomic E-state index is 11.1. The van der Waals surface area contributed by atoms with Crippen LogP contribution in [0.5, 0.6) is 0 Å². The molecule has 4 nitrogen and oxygen atoms in total. The van der Waals surface area contributed by atoms with E-state index in [1.54, 1.807) is 0 Å². The summed E-state index contributed by atoms with van der Waals surface area (Å²) in [4.78, 5) is 11.3. The summed E-state index contributed by atoms with van der Waals surface area (Å²) in [6.45, 7) is 1.86. The van der Waals surface area contributed by atoms with Gasteiger partial charge in [-0.1, -0.05) is 0 Å². The van der Waals surface area contributed by atoms with Crippen molar-refractivity contribution in [3.8, 4) is 0 Å². The molecule has 0 bridgehead atoms. The number of nitrogens with one attached hydrogen (secondary N) is 1. The predicted molar refractivity (Wildman–Crippen MR) is 73.2 cm³/mol. The molecule has 0 unspecified atom stereocenters. The summed E-state index contributed by atoms with van der Waals surface area (Å²) in [7, 11) is 0. The van der Waals surface area contributed by atoms with Crippen molar-refractivity contribution >= 4 is 33.1 Å². The minimum atomic E-state index is -0.943. The molecule has 1 aliphatic rings. The Labute approximate surface area is 108 Å². The summed E-state index contributed by atoms with van der Waals surface area (Å²) in [6, 6.07) is 4.15. The molecular formula is C13H14N2O2S. The first-order valence-electron chi connectivity index (χ1n) is 5.94. The van der Waals surface area contributed by atoms with Crippen LogP contribution in [0.4, 0.5) is 5.69 Å². The second kappa shape index (κ2) is 4.26. The fourth-order valence-corrected chi connectivity index (χ4v) is 3.44. The third-order valence-electron chi connectivity index (χ3n) is 3.36. The van der Waals surface area contributed by atoms with Crippen LogP contribution in [-0.4, -0.2) is 17.6 Å². The number of nitrogen functional groups attached to an aromatic ring is 1. The molecule has 2 aromatic rings. The van der Waals surface area contributed by atoms with Crippen molar-refractivity contribution < 1.29 is 9.90 Å². The first-order valence-corrected chi connectivity index (χ1v) is 6.76. The highest BCUT2D eigenvalue weighted by Gasteiger charge is 2.17. The van der Waals surface area contributed by atoms with Crippen LogP contribution in [0.1, 0.15) is 27.2 Å². The van der Waals surface area contributed by atoms with Crippen LogP contribution in [0.15, 0.2) is 12.1 Å². The molecule has 0 fully saturated rings. The van der Waals surface area contributed by atoms with E-state index in [9.17, 15) is 4.79 Å². The Morgan fingerprint density at radius 2 is 2.22 bits per heavy atom. The second-order valence-electron chi connectivity index (χ2n) is 4.55. The molecule has 1 aromatic carbocycles. The third-order valence-corrected chi connectivity index (χ3v) is 4.51. The molecule has 4 N–H and O–H groups in total. The van der Waals surface area contributed by atoms with Crippen LogP contribution in [0, 0.1) is 0 Å². The molecule has 5 heteroatoms. The van der Waals surface area contributed by atoms with Crippen LogP contribution in [0.3, 0.4) is 0 Å². The van der Waals surface area contributed by atoms with Crippen molar-refractivity contribution in [3.63, 3.8) is 0 Å². The average molecular weight is 262 g/mol. The summed E-state index contributed by atoms with van der Waals surface area (Å²) in [5.74, 6) is -0.943. The number of nitrogens with two attached hydrogens (primary N) is 1. The summed E-state index contributed by atoms with van der Waals surface area (Å²) in [5, 5.41) is 13.3. The number of hydrogen-bond donors (Lipinski definition) is 3. The van der Waals surface area contributed by atoms with Gasteiger partial charge in [0.2, 0.25) is 0 Å². The van der Waals surface area contributed by atoms with E-state index in [1.807, 2.05) is 6.07 Å². The molecule has 0 spiro atoms. The molecular weight excluding hydrogens is 248 g/mol.